The molecule has 3 heterocycles. The molecule has 3 rings (SSSR count). The van der Waals surface area contributed by atoms with Crippen LogP contribution in [0.15, 0.2) is 48.9 Å². The number of hydrogen-bond acceptors (Lipinski definition) is 2. The first-order valence-corrected chi connectivity index (χ1v) is 6.13. The molecule has 2 aromatic heterocycles. The van der Waals surface area contributed by atoms with Crippen molar-refractivity contribution < 1.29 is 4.57 Å². The zero-order valence-electron chi connectivity index (χ0n) is 10.6. The number of nitrogens with zero attached hydrogens (tertiary/aromatic N) is 3. The minimum atomic E-state index is 0.250. The van der Waals surface area contributed by atoms with Crippen molar-refractivity contribution in [3.05, 3.63) is 54.5 Å². The van der Waals surface area contributed by atoms with Gasteiger partial charge in [-0.1, -0.05) is 12.1 Å². The highest BCUT2D eigenvalue weighted by Gasteiger charge is 2.34. The molecule has 4 heteroatoms. The molecule has 0 radical (unpaired) electrons. The monoisotopic (exact) mass is 236 g/mol. The van der Waals surface area contributed by atoms with E-state index in [0.717, 1.165) is 11.4 Å². The van der Waals surface area contributed by atoms with Crippen LogP contribution in [0.4, 0.5) is 5.82 Å². The highest BCUT2D eigenvalue weighted by molar-refractivity contribution is 6.76. The van der Waals surface area contributed by atoms with Gasteiger partial charge in [-0.15, -0.1) is 0 Å². The largest absolute Gasteiger partial charge is 0.428 e. The topological polar surface area (TPSA) is 20.0 Å². The molecule has 0 saturated carbocycles. The van der Waals surface area contributed by atoms with Crippen LogP contribution in [0.5, 0.6) is 0 Å². The molecule has 0 unspecified atom stereocenters. The summed E-state index contributed by atoms with van der Waals surface area (Å²) in [5, 5.41) is 0. The molecule has 88 valence electrons. The fourth-order valence-electron chi connectivity index (χ4n) is 2.40. The van der Waals surface area contributed by atoms with Crippen molar-refractivity contribution in [3.63, 3.8) is 0 Å². The van der Waals surface area contributed by atoms with E-state index < -0.39 is 0 Å². The number of aryl methyl sites for hydroxylation is 1. The maximum atomic E-state index is 4.50. The van der Waals surface area contributed by atoms with Crippen molar-refractivity contribution in [2.75, 3.05) is 4.81 Å². The fraction of sp³-hybridized carbons (Fsp3) is 0.143. The Hall–Kier alpha value is -2.10. The molecule has 0 amide bonds. The molecule has 0 saturated heterocycles. The first kappa shape index (κ1) is 11.0. The molecular formula is C14H15BN3+. The van der Waals surface area contributed by atoms with E-state index in [2.05, 4.69) is 64.9 Å². The van der Waals surface area contributed by atoms with Crippen LogP contribution in [0.25, 0.3) is 6.08 Å². The quantitative estimate of drug-likeness (QED) is 0.548. The molecular weight excluding hydrogens is 221 g/mol. The number of rotatable bonds is 1. The highest BCUT2D eigenvalue weighted by Crippen LogP contribution is 2.16. The standard InChI is InChI=1S/C14H15BN3/c1-15-14-12(6-5-9-16-14)8-11-18(15)13-7-3-4-10-17(13)2/h3-11H,1-2H3/q+1. The van der Waals surface area contributed by atoms with E-state index in [0.29, 0.717) is 0 Å². The molecule has 1 aliphatic heterocycles. The van der Waals surface area contributed by atoms with Crippen molar-refractivity contribution in [2.45, 2.75) is 6.82 Å². The van der Waals surface area contributed by atoms with E-state index in [9.17, 15) is 0 Å². The van der Waals surface area contributed by atoms with Crippen molar-refractivity contribution >= 4 is 24.3 Å². The summed E-state index contributed by atoms with van der Waals surface area (Å²) in [5.41, 5.74) is 2.34. The summed E-state index contributed by atoms with van der Waals surface area (Å²) in [4.78, 5) is 6.75. The summed E-state index contributed by atoms with van der Waals surface area (Å²) in [6.07, 6.45) is 8.17. The fourth-order valence-corrected chi connectivity index (χ4v) is 2.40. The minimum absolute atomic E-state index is 0.250. The predicted molar refractivity (Wildman–Crippen MR) is 74.6 cm³/mol. The van der Waals surface area contributed by atoms with Crippen molar-refractivity contribution in [1.29, 1.82) is 0 Å². The second-order valence-corrected chi connectivity index (χ2v) is 4.55. The molecule has 0 spiro atoms. The average molecular weight is 236 g/mol. The summed E-state index contributed by atoms with van der Waals surface area (Å²) < 4.78 is 2.12. The molecule has 0 aliphatic carbocycles. The molecule has 1 aliphatic rings. The normalized spacial score (nSPS) is 13.7. The van der Waals surface area contributed by atoms with Crippen LogP contribution >= 0.6 is 0 Å². The van der Waals surface area contributed by atoms with Gasteiger partial charge >= 0.3 is 6.85 Å². The van der Waals surface area contributed by atoms with Gasteiger partial charge in [0.15, 0.2) is 0 Å². The molecule has 0 aromatic carbocycles. The van der Waals surface area contributed by atoms with Gasteiger partial charge in [0.1, 0.15) is 0 Å². The van der Waals surface area contributed by atoms with Crippen LogP contribution in [0.2, 0.25) is 6.82 Å². The molecule has 0 fully saturated rings. The zero-order valence-corrected chi connectivity index (χ0v) is 10.6. The molecule has 0 N–H and O–H groups in total. The van der Waals surface area contributed by atoms with Gasteiger partial charge in [-0.05, 0) is 30.6 Å². The predicted octanol–water partition coefficient (Wildman–Crippen LogP) is 1.23. The number of pyridine rings is 2. The minimum Gasteiger partial charge on any atom is -0.292 e. The second kappa shape index (κ2) is 4.29. The lowest BCUT2D eigenvalue weighted by Crippen LogP contribution is -2.51. The first-order chi connectivity index (χ1) is 8.77. The molecule has 2 aromatic rings. The van der Waals surface area contributed by atoms with Crippen LogP contribution in [-0.4, -0.2) is 11.8 Å². The van der Waals surface area contributed by atoms with Crippen LogP contribution in [0.3, 0.4) is 0 Å². The Bertz CT molecular complexity index is 609. The Morgan fingerprint density at radius 1 is 1.22 bits per heavy atom. The third-order valence-corrected chi connectivity index (χ3v) is 3.39. The van der Waals surface area contributed by atoms with Crippen molar-refractivity contribution in [2.24, 2.45) is 7.05 Å². The van der Waals surface area contributed by atoms with Gasteiger partial charge in [-0.2, -0.15) is 0 Å². The van der Waals surface area contributed by atoms with E-state index in [-0.39, 0.29) is 6.85 Å². The van der Waals surface area contributed by atoms with Gasteiger partial charge in [0.05, 0.1) is 25.0 Å². The maximum absolute atomic E-state index is 4.50. The summed E-state index contributed by atoms with van der Waals surface area (Å²) >= 11 is 0. The summed E-state index contributed by atoms with van der Waals surface area (Å²) in [5.74, 6) is 1.16. The second-order valence-electron chi connectivity index (χ2n) is 4.55. The Labute approximate surface area is 108 Å². The first-order valence-electron chi connectivity index (χ1n) is 6.13. The molecule has 3 nitrogen and oxygen atoms in total. The van der Waals surface area contributed by atoms with Gasteiger partial charge in [-0.25, -0.2) is 4.57 Å². The van der Waals surface area contributed by atoms with E-state index in [4.69, 9.17) is 0 Å². The summed E-state index contributed by atoms with van der Waals surface area (Å²) in [7, 11) is 2.06. The van der Waals surface area contributed by atoms with Gasteiger partial charge in [0.25, 0.3) is 5.82 Å². The molecule has 0 atom stereocenters. The SMILES string of the molecule is CB1c2ncccc2C=CN1c1cccc[n+]1C. The van der Waals surface area contributed by atoms with E-state index >= 15 is 0 Å². The summed E-state index contributed by atoms with van der Waals surface area (Å²) in [6, 6.07) is 10.3. The lowest BCUT2D eigenvalue weighted by atomic mass is 9.57. The van der Waals surface area contributed by atoms with Crippen molar-refractivity contribution in [3.8, 4) is 0 Å². The van der Waals surface area contributed by atoms with Gasteiger partial charge in [0, 0.05) is 12.3 Å². The lowest BCUT2D eigenvalue weighted by molar-refractivity contribution is -0.658. The Balaban J connectivity index is 2.06. The van der Waals surface area contributed by atoms with E-state index in [1.54, 1.807) is 0 Å². The van der Waals surface area contributed by atoms with Gasteiger partial charge < -0.3 is 0 Å². The van der Waals surface area contributed by atoms with Crippen LogP contribution in [0, 0.1) is 0 Å². The van der Waals surface area contributed by atoms with Gasteiger partial charge in [-0.3, -0.25) is 9.79 Å². The zero-order chi connectivity index (χ0) is 12.5. The maximum Gasteiger partial charge on any atom is 0.428 e. The van der Waals surface area contributed by atoms with Crippen LogP contribution in [-0.2, 0) is 7.05 Å². The molecule has 0 bridgehead atoms. The lowest BCUT2D eigenvalue weighted by Gasteiger charge is -2.23. The van der Waals surface area contributed by atoms with E-state index in [1.165, 1.54) is 5.56 Å². The number of fused-ring (bicyclic) bond motifs is 1. The van der Waals surface area contributed by atoms with Crippen LogP contribution < -0.4 is 15.0 Å². The Morgan fingerprint density at radius 3 is 2.94 bits per heavy atom. The molecule has 18 heavy (non-hydrogen) atoms. The third-order valence-electron chi connectivity index (χ3n) is 3.39. The van der Waals surface area contributed by atoms with E-state index in [1.807, 2.05) is 18.3 Å². The Kier molecular flexibility index (Phi) is 2.63. The Morgan fingerprint density at radius 2 is 2.11 bits per heavy atom. The smallest absolute Gasteiger partial charge is 0.292 e. The van der Waals surface area contributed by atoms with Gasteiger partial charge in [0.2, 0.25) is 0 Å². The highest BCUT2D eigenvalue weighted by atomic mass is 15.2. The number of hydrogen-bond donors (Lipinski definition) is 0. The number of anilines is 1. The summed E-state index contributed by atoms with van der Waals surface area (Å²) in [6.45, 7) is 2.43. The number of aromatic nitrogens is 2. The van der Waals surface area contributed by atoms with Crippen molar-refractivity contribution in [1.82, 2.24) is 4.98 Å². The third kappa shape index (κ3) is 1.70. The average Bonchev–Trinajstić information content (AvgIpc) is 2.41. The van der Waals surface area contributed by atoms with Crippen LogP contribution in [0.1, 0.15) is 5.56 Å².